The SMILES string of the molecule is CCOc1ccc(/C=C(\NC(=O)c2ccccc2)C(=O)Nc2ccc(SC(C)C(=O)Nc3ccc4c(c3)c3ccccc3n4CC)cc2)cc1. The fourth-order valence-corrected chi connectivity index (χ4v) is 6.59. The molecule has 252 valence electrons. The van der Waals surface area contributed by atoms with E-state index in [1.165, 1.54) is 17.3 Å². The normalized spacial score (nSPS) is 12.0. The molecule has 6 aromatic rings. The molecule has 1 unspecified atom stereocenters. The first-order valence-electron chi connectivity index (χ1n) is 16.5. The van der Waals surface area contributed by atoms with Crippen LogP contribution >= 0.6 is 11.8 Å². The lowest BCUT2D eigenvalue weighted by atomic mass is 10.1. The van der Waals surface area contributed by atoms with Crippen molar-refractivity contribution in [2.75, 3.05) is 17.2 Å². The van der Waals surface area contributed by atoms with Crippen LogP contribution in [0.25, 0.3) is 27.9 Å². The zero-order chi connectivity index (χ0) is 35.0. The molecule has 0 fully saturated rings. The van der Waals surface area contributed by atoms with Gasteiger partial charge in [-0.25, -0.2) is 0 Å². The van der Waals surface area contributed by atoms with Gasteiger partial charge in [0, 0.05) is 50.2 Å². The van der Waals surface area contributed by atoms with Crippen molar-refractivity contribution < 1.29 is 19.1 Å². The molecule has 1 aromatic heterocycles. The van der Waals surface area contributed by atoms with Gasteiger partial charge in [-0.15, -0.1) is 11.8 Å². The molecule has 0 aliphatic carbocycles. The van der Waals surface area contributed by atoms with E-state index < -0.39 is 11.8 Å². The Morgan fingerprint density at radius 1 is 0.760 bits per heavy atom. The summed E-state index contributed by atoms with van der Waals surface area (Å²) in [5, 5.41) is 10.6. The molecule has 0 saturated heterocycles. The van der Waals surface area contributed by atoms with Gasteiger partial charge in [0.25, 0.3) is 11.8 Å². The Kier molecular flexibility index (Phi) is 10.6. The van der Waals surface area contributed by atoms with Gasteiger partial charge in [-0.1, -0.05) is 48.5 Å². The Hall–Kier alpha value is -5.80. The van der Waals surface area contributed by atoms with Crippen molar-refractivity contribution in [1.82, 2.24) is 9.88 Å². The molecule has 3 amide bonds. The number of nitrogens with one attached hydrogen (secondary N) is 3. The summed E-state index contributed by atoms with van der Waals surface area (Å²) >= 11 is 1.42. The molecule has 1 heterocycles. The lowest BCUT2D eigenvalue weighted by Gasteiger charge is -2.14. The van der Waals surface area contributed by atoms with Gasteiger partial charge < -0.3 is 25.3 Å². The quantitative estimate of drug-likeness (QED) is 0.0886. The Balaban J connectivity index is 1.11. The minimum atomic E-state index is -0.477. The van der Waals surface area contributed by atoms with Crippen LogP contribution in [-0.4, -0.2) is 34.1 Å². The number of carbonyl (C=O) groups is 3. The van der Waals surface area contributed by atoms with Crippen molar-refractivity contribution in [2.45, 2.75) is 37.5 Å². The average Bonchev–Trinajstić information content (AvgIpc) is 3.46. The second kappa shape index (κ2) is 15.6. The number of thioether (sulfide) groups is 1. The predicted molar refractivity (Wildman–Crippen MR) is 204 cm³/mol. The number of carbonyl (C=O) groups excluding carboxylic acids is 3. The smallest absolute Gasteiger partial charge is 0.272 e. The molecule has 0 aliphatic rings. The van der Waals surface area contributed by atoms with Crippen LogP contribution in [0.2, 0.25) is 0 Å². The number of hydrogen-bond donors (Lipinski definition) is 3. The number of aromatic nitrogens is 1. The highest BCUT2D eigenvalue weighted by molar-refractivity contribution is 8.00. The van der Waals surface area contributed by atoms with E-state index >= 15 is 0 Å². The third-order valence-corrected chi connectivity index (χ3v) is 9.29. The van der Waals surface area contributed by atoms with Crippen LogP contribution in [0.4, 0.5) is 11.4 Å². The van der Waals surface area contributed by atoms with Crippen LogP contribution in [0.3, 0.4) is 0 Å². The van der Waals surface area contributed by atoms with E-state index in [1.807, 2.05) is 80.6 Å². The molecule has 3 N–H and O–H groups in total. The van der Waals surface area contributed by atoms with Crippen LogP contribution in [-0.2, 0) is 16.1 Å². The first kappa shape index (κ1) is 34.1. The summed E-state index contributed by atoms with van der Waals surface area (Å²) in [7, 11) is 0. The molecule has 0 bridgehead atoms. The van der Waals surface area contributed by atoms with E-state index in [0.29, 0.717) is 23.6 Å². The first-order valence-corrected chi connectivity index (χ1v) is 17.4. The number of aryl methyl sites for hydroxylation is 1. The van der Waals surface area contributed by atoms with Crippen molar-refractivity contribution in [3.63, 3.8) is 0 Å². The summed E-state index contributed by atoms with van der Waals surface area (Å²) in [6.07, 6.45) is 1.62. The van der Waals surface area contributed by atoms with Gasteiger partial charge in [0.2, 0.25) is 5.91 Å². The molecular formula is C41H38N4O4S. The molecule has 5 aromatic carbocycles. The van der Waals surface area contributed by atoms with E-state index in [-0.39, 0.29) is 16.9 Å². The third-order valence-electron chi connectivity index (χ3n) is 8.18. The average molecular weight is 683 g/mol. The topological polar surface area (TPSA) is 101 Å². The third kappa shape index (κ3) is 7.90. The Bertz CT molecular complexity index is 2180. The molecule has 6 rings (SSSR count). The van der Waals surface area contributed by atoms with Crippen LogP contribution in [0.1, 0.15) is 36.7 Å². The van der Waals surface area contributed by atoms with Crippen molar-refractivity contribution in [3.8, 4) is 5.75 Å². The zero-order valence-electron chi connectivity index (χ0n) is 28.1. The lowest BCUT2D eigenvalue weighted by molar-refractivity contribution is -0.115. The van der Waals surface area contributed by atoms with Crippen LogP contribution in [0.5, 0.6) is 5.75 Å². The number of benzene rings is 5. The largest absolute Gasteiger partial charge is 0.494 e. The van der Waals surface area contributed by atoms with Gasteiger partial charge in [0.1, 0.15) is 11.4 Å². The second-order valence-corrected chi connectivity index (χ2v) is 13.0. The summed E-state index contributed by atoms with van der Waals surface area (Å²) in [6, 6.07) is 37.6. The number of ether oxygens (including phenoxy) is 1. The van der Waals surface area contributed by atoms with E-state index in [0.717, 1.165) is 39.0 Å². The Morgan fingerprint density at radius 3 is 2.16 bits per heavy atom. The number of fused-ring (bicyclic) bond motifs is 3. The summed E-state index contributed by atoms with van der Waals surface area (Å²) in [6.45, 7) is 7.31. The molecule has 0 radical (unpaired) electrons. The number of nitrogens with zero attached hydrogens (tertiary/aromatic N) is 1. The van der Waals surface area contributed by atoms with Gasteiger partial charge in [-0.3, -0.25) is 14.4 Å². The minimum Gasteiger partial charge on any atom is -0.494 e. The van der Waals surface area contributed by atoms with Crippen molar-refractivity contribution >= 4 is 68.7 Å². The maximum absolute atomic E-state index is 13.5. The molecular weight excluding hydrogens is 645 g/mol. The Morgan fingerprint density at radius 2 is 1.44 bits per heavy atom. The molecule has 9 heteroatoms. The number of para-hydroxylation sites is 1. The van der Waals surface area contributed by atoms with Gasteiger partial charge in [-0.05, 0) is 105 Å². The summed E-state index contributed by atoms with van der Waals surface area (Å²) in [5.41, 5.74) is 4.85. The highest BCUT2D eigenvalue weighted by Crippen LogP contribution is 2.32. The highest BCUT2D eigenvalue weighted by atomic mass is 32.2. The molecule has 8 nitrogen and oxygen atoms in total. The van der Waals surface area contributed by atoms with Crippen molar-refractivity contribution in [3.05, 3.63) is 138 Å². The lowest BCUT2D eigenvalue weighted by Crippen LogP contribution is -2.30. The van der Waals surface area contributed by atoms with Crippen molar-refractivity contribution in [1.29, 1.82) is 0 Å². The second-order valence-electron chi connectivity index (χ2n) is 11.6. The van der Waals surface area contributed by atoms with E-state index in [9.17, 15) is 14.4 Å². The predicted octanol–water partition coefficient (Wildman–Crippen LogP) is 8.74. The molecule has 50 heavy (non-hydrogen) atoms. The fraction of sp³-hybridized carbons (Fsp3) is 0.146. The highest BCUT2D eigenvalue weighted by Gasteiger charge is 2.18. The van der Waals surface area contributed by atoms with Crippen LogP contribution < -0.4 is 20.7 Å². The zero-order valence-corrected chi connectivity index (χ0v) is 28.9. The van der Waals surface area contributed by atoms with Gasteiger partial charge in [-0.2, -0.15) is 0 Å². The van der Waals surface area contributed by atoms with E-state index in [1.54, 1.807) is 42.5 Å². The first-order chi connectivity index (χ1) is 24.3. The van der Waals surface area contributed by atoms with Crippen LogP contribution in [0.15, 0.2) is 132 Å². The number of anilines is 2. The van der Waals surface area contributed by atoms with Crippen LogP contribution in [0, 0.1) is 0 Å². The number of hydrogen-bond acceptors (Lipinski definition) is 5. The number of rotatable bonds is 12. The summed E-state index contributed by atoms with van der Waals surface area (Å²) < 4.78 is 7.80. The molecule has 0 saturated carbocycles. The monoisotopic (exact) mass is 682 g/mol. The maximum atomic E-state index is 13.5. The van der Waals surface area contributed by atoms with Gasteiger partial charge >= 0.3 is 0 Å². The van der Waals surface area contributed by atoms with E-state index in [2.05, 4.69) is 45.6 Å². The maximum Gasteiger partial charge on any atom is 0.272 e. The number of amides is 3. The van der Waals surface area contributed by atoms with Gasteiger partial charge in [0.05, 0.1) is 11.9 Å². The molecule has 0 spiro atoms. The summed E-state index contributed by atoms with van der Waals surface area (Å²) in [5.74, 6) is -0.268. The Labute approximate surface area is 295 Å². The molecule has 0 aliphatic heterocycles. The summed E-state index contributed by atoms with van der Waals surface area (Å²) in [4.78, 5) is 40.6. The van der Waals surface area contributed by atoms with Crippen molar-refractivity contribution in [2.24, 2.45) is 0 Å². The molecule has 1 atom stereocenters. The van der Waals surface area contributed by atoms with E-state index in [4.69, 9.17) is 4.74 Å². The fourth-order valence-electron chi connectivity index (χ4n) is 5.72. The van der Waals surface area contributed by atoms with Gasteiger partial charge in [0.15, 0.2) is 0 Å². The minimum absolute atomic E-state index is 0.0872. The standard InChI is InChI=1S/C41H38N4O4S/c1-4-45-37-14-10-9-13-34(37)35-26-31(19-24-38(35)45)43-39(46)27(3)50-33-22-17-30(18-23-33)42-41(48)36(44-40(47)29-11-7-6-8-12-29)25-28-15-20-32(21-16-28)49-5-2/h6-27H,4-5H2,1-3H3,(H,42,48)(H,43,46)(H,44,47)/b36-25-.